The maximum Gasteiger partial charge on any atom is 0.333 e. The summed E-state index contributed by atoms with van der Waals surface area (Å²) in [5, 5.41) is 13.5. The van der Waals surface area contributed by atoms with E-state index in [1.165, 1.54) is 0 Å². The van der Waals surface area contributed by atoms with E-state index >= 15 is 0 Å². The van der Waals surface area contributed by atoms with Gasteiger partial charge in [-0.05, 0) is 41.8 Å². The fourth-order valence-electron chi connectivity index (χ4n) is 2.91. The molecule has 0 saturated carbocycles. The molecule has 0 saturated heterocycles. The van der Waals surface area contributed by atoms with Crippen molar-refractivity contribution in [1.29, 1.82) is 0 Å². The van der Waals surface area contributed by atoms with Crippen LogP contribution in [-0.4, -0.2) is 29.5 Å². The Morgan fingerprint density at radius 3 is 2.81 bits per heavy atom. The topological polar surface area (TPSA) is 68.1 Å². The number of aliphatic carboxylic acids is 1. The molecule has 0 amide bonds. The number of carboxylic acid groups (broad SMARTS) is 1. The highest BCUT2D eigenvalue weighted by Crippen LogP contribution is 2.30. The van der Waals surface area contributed by atoms with Gasteiger partial charge in [-0.15, -0.1) is 0 Å². The number of rotatable bonds is 7. The van der Waals surface area contributed by atoms with Gasteiger partial charge in [0.15, 0.2) is 12.2 Å². The average molecular weight is 418 g/mol. The van der Waals surface area contributed by atoms with Gasteiger partial charge < -0.3 is 14.7 Å². The Bertz CT molecular complexity index is 804. The first kappa shape index (κ1) is 18.6. The molecule has 1 aliphatic rings. The minimum atomic E-state index is -0.950. The highest BCUT2D eigenvalue weighted by atomic mass is 79.9. The third-order valence-corrected chi connectivity index (χ3v) is 4.76. The number of hydrogen-bond donors (Lipinski definition) is 1. The summed E-state index contributed by atoms with van der Waals surface area (Å²) in [4.78, 5) is 16.9. The normalized spacial score (nSPS) is 17.5. The van der Waals surface area contributed by atoms with Gasteiger partial charge >= 0.3 is 5.97 Å². The molecule has 2 aromatic carbocycles. The fourth-order valence-corrected chi connectivity index (χ4v) is 3.18. The smallest absolute Gasteiger partial charge is 0.333 e. The van der Waals surface area contributed by atoms with E-state index in [0.717, 1.165) is 26.9 Å². The molecule has 0 bridgehead atoms. The molecule has 2 atom stereocenters. The van der Waals surface area contributed by atoms with E-state index in [0.29, 0.717) is 19.4 Å². The van der Waals surface area contributed by atoms with Crippen molar-refractivity contribution in [1.82, 2.24) is 0 Å². The predicted molar refractivity (Wildman–Crippen MR) is 102 cm³/mol. The standard InChI is InChI=1S/C20H20BrNO4/c1-2-25-19(20(23)24)11-13-4-3-5-15(10-13)17-12-18(26-22-17)14-6-8-16(21)9-7-14/h3-10,18-19H,2,11-12H2,1H3,(H,23,24)/t18?,19-/m1/s1. The molecule has 6 heteroatoms. The molecule has 1 unspecified atom stereocenters. The van der Waals surface area contributed by atoms with Crippen LogP contribution in [0.25, 0.3) is 0 Å². The third kappa shape index (κ3) is 4.51. The van der Waals surface area contributed by atoms with Gasteiger partial charge in [0.2, 0.25) is 0 Å². The average Bonchev–Trinajstić information content (AvgIpc) is 3.12. The Balaban J connectivity index is 1.70. The second-order valence-electron chi connectivity index (χ2n) is 6.07. The number of halogens is 1. The maximum atomic E-state index is 11.3. The van der Waals surface area contributed by atoms with Gasteiger partial charge in [-0.25, -0.2) is 4.79 Å². The van der Waals surface area contributed by atoms with Crippen LogP contribution in [0.5, 0.6) is 0 Å². The second kappa shape index (κ2) is 8.47. The maximum absolute atomic E-state index is 11.3. The molecule has 0 radical (unpaired) electrons. The molecule has 0 fully saturated rings. The van der Waals surface area contributed by atoms with E-state index in [2.05, 4.69) is 21.1 Å². The number of nitrogens with zero attached hydrogens (tertiary/aromatic N) is 1. The molecule has 1 heterocycles. The number of carbonyl (C=O) groups is 1. The number of hydrogen-bond acceptors (Lipinski definition) is 4. The van der Waals surface area contributed by atoms with E-state index in [1.807, 2.05) is 48.5 Å². The third-order valence-electron chi connectivity index (χ3n) is 4.24. The van der Waals surface area contributed by atoms with Crippen LogP contribution in [0.15, 0.2) is 58.2 Å². The number of carboxylic acids is 1. The molecular weight excluding hydrogens is 398 g/mol. The van der Waals surface area contributed by atoms with Gasteiger partial charge in [0.05, 0.1) is 5.71 Å². The zero-order valence-corrected chi connectivity index (χ0v) is 16.0. The number of ether oxygens (including phenoxy) is 1. The first-order valence-electron chi connectivity index (χ1n) is 8.48. The van der Waals surface area contributed by atoms with Gasteiger partial charge in [-0.1, -0.05) is 51.4 Å². The summed E-state index contributed by atoms with van der Waals surface area (Å²) in [5.74, 6) is -0.950. The first-order valence-corrected chi connectivity index (χ1v) is 9.28. The quantitative estimate of drug-likeness (QED) is 0.726. The monoisotopic (exact) mass is 417 g/mol. The molecular formula is C20H20BrNO4. The van der Waals surface area contributed by atoms with Crippen molar-refractivity contribution >= 4 is 27.6 Å². The Labute approximate surface area is 160 Å². The van der Waals surface area contributed by atoms with E-state index in [4.69, 9.17) is 9.57 Å². The second-order valence-corrected chi connectivity index (χ2v) is 6.99. The first-order chi connectivity index (χ1) is 12.6. The van der Waals surface area contributed by atoms with Crippen LogP contribution < -0.4 is 0 Å². The minimum absolute atomic E-state index is 0.100. The van der Waals surface area contributed by atoms with Crippen LogP contribution in [0, 0.1) is 0 Å². The van der Waals surface area contributed by atoms with Gasteiger partial charge in [0, 0.05) is 23.9 Å². The summed E-state index contributed by atoms with van der Waals surface area (Å²) >= 11 is 3.43. The molecule has 3 rings (SSSR count). The van der Waals surface area contributed by atoms with Crippen molar-refractivity contribution in [2.24, 2.45) is 5.16 Å². The van der Waals surface area contributed by atoms with Gasteiger partial charge in [-0.2, -0.15) is 0 Å². The molecule has 1 aliphatic heterocycles. The van der Waals surface area contributed by atoms with Crippen molar-refractivity contribution in [2.45, 2.75) is 32.0 Å². The summed E-state index contributed by atoms with van der Waals surface area (Å²) in [7, 11) is 0. The van der Waals surface area contributed by atoms with Crippen molar-refractivity contribution < 1.29 is 19.5 Å². The van der Waals surface area contributed by atoms with Gasteiger partial charge in [0.1, 0.15) is 0 Å². The Morgan fingerprint density at radius 1 is 1.35 bits per heavy atom. The van der Waals surface area contributed by atoms with Gasteiger partial charge in [-0.3, -0.25) is 0 Å². The summed E-state index contributed by atoms with van der Waals surface area (Å²) in [6.45, 7) is 2.16. The van der Waals surface area contributed by atoms with E-state index in [-0.39, 0.29) is 6.10 Å². The number of oxime groups is 1. The van der Waals surface area contributed by atoms with Crippen LogP contribution >= 0.6 is 15.9 Å². The molecule has 0 spiro atoms. The summed E-state index contributed by atoms with van der Waals surface area (Å²) < 4.78 is 6.32. The lowest BCUT2D eigenvalue weighted by molar-refractivity contribution is -0.149. The van der Waals surface area contributed by atoms with Crippen molar-refractivity contribution in [3.05, 3.63) is 69.7 Å². The zero-order chi connectivity index (χ0) is 18.5. The Hall–Kier alpha value is -2.18. The summed E-state index contributed by atoms with van der Waals surface area (Å²) in [6.07, 6.45) is 0.0599. The molecule has 136 valence electrons. The Morgan fingerprint density at radius 2 is 2.12 bits per heavy atom. The molecule has 0 aliphatic carbocycles. The largest absolute Gasteiger partial charge is 0.479 e. The summed E-state index contributed by atoms with van der Waals surface area (Å²) in [6, 6.07) is 15.7. The van der Waals surface area contributed by atoms with Crippen LogP contribution in [0.1, 0.15) is 36.1 Å². The lowest BCUT2D eigenvalue weighted by Crippen LogP contribution is -2.26. The van der Waals surface area contributed by atoms with Crippen LogP contribution in [0.4, 0.5) is 0 Å². The van der Waals surface area contributed by atoms with Crippen LogP contribution in [-0.2, 0) is 20.8 Å². The lowest BCUT2D eigenvalue weighted by atomic mass is 9.97. The van der Waals surface area contributed by atoms with E-state index in [1.54, 1.807) is 6.92 Å². The number of benzene rings is 2. The Kier molecular flexibility index (Phi) is 6.06. The lowest BCUT2D eigenvalue weighted by Gasteiger charge is -2.13. The fraction of sp³-hybridized carbons (Fsp3) is 0.300. The molecule has 5 nitrogen and oxygen atoms in total. The van der Waals surface area contributed by atoms with Crippen LogP contribution in [0.3, 0.4) is 0 Å². The van der Waals surface area contributed by atoms with Crippen molar-refractivity contribution in [2.75, 3.05) is 6.61 Å². The molecule has 1 N–H and O–H groups in total. The predicted octanol–water partition coefficient (Wildman–Crippen LogP) is 4.35. The molecule has 0 aromatic heterocycles. The minimum Gasteiger partial charge on any atom is -0.479 e. The van der Waals surface area contributed by atoms with Crippen molar-refractivity contribution in [3.8, 4) is 0 Å². The molecule has 26 heavy (non-hydrogen) atoms. The summed E-state index contributed by atoms with van der Waals surface area (Å²) in [5.41, 5.74) is 3.79. The van der Waals surface area contributed by atoms with E-state index in [9.17, 15) is 9.90 Å². The SMILES string of the molecule is CCO[C@H](Cc1cccc(C2=NOC(c3ccc(Br)cc3)C2)c1)C(=O)O. The zero-order valence-electron chi connectivity index (χ0n) is 14.4. The van der Waals surface area contributed by atoms with E-state index < -0.39 is 12.1 Å². The highest BCUT2D eigenvalue weighted by molar-refractivity contribution is 9.10. The van der Waals surface area contributed by atoms with Crippen LogP contribution in [0.2, 0.25) is 0 Å². The molecule has 2 aromatic rings. The highest BCUT2D eigenvalue weighted by Gasteiger charge is 2.24. The van der Waals surface area contributed by atoms with Gasteiger partial charge in [0.25, 0.3) is 0 Å². The van der Waals surface area contributed by atoms with Crippen molar-refractivity contribution in [3.63, 3.8) is 0 Å².